The number of hydrogen-bond acceptors (Lipinski definition) is 7. The third-order valence-corrected chi connectivity index (χ3v) is 4.22. The van der Waals surface area contributed by atoms with Crippen LogP contribution in [0.4, 0.5) is 0 Å². The van der Waals surface area contributed by atoms with E-state index in [1.165, 1.54) is 0 Å². The van der Waals surface area contributed by atoms with Crippen molar-refractivity contribution in [3.8, 4) is 11.7 Å². The lowest BCUT2D eigenvalue weighted by Gasteiger charge is -2.32. The standard InChI is InChI=1S/C15H19N3O4/c1-2-12(19-7-1)14-17-16-13(22-14)10-18-5-3-11(4-6-18)15-20-8-9-21-15/h1-2,7,11,15H,3-6,8-10H2. The van der Waals surface area contributed by atoms with Crippen molar-refractivity contribution >= 4 is 0 Å². The van der Waals surface area contributed by atoms with Crippen molar-refractivity contribution in [1.82, 2.24) is 15.1 Å². The van der Waals surface area contributed by atoms with Gasteiger partial charge in [0.1, 0.15) is 0 Å². The Morgan fingerprint density at radius 3 is 2.68 bits per heavy atom. The molecule has 0 spiro atoms. The molecule has 0 atom stereocenters. The van der Waals surface area contributed by atoms with Gasteiger partial charge in [-0.3, -0.25) is 4.90 Å². The molecule has 2 aliphatic rings. The van der Waals surface area contributed by atoms with Crippen LogP contribution in [0, 0.1) is 5.92 Å². The van der Waals surface area contributed by atoms with Gasteiger partial charge in [0.05, 0.1) is 26.0 Å². The van der Waals surface area contributed by atoms with E-state index in [1.54, 1.807) is 12.3 Å². The Kier molecular flexibility index (Phi) is 3.92. The first kappa shape index (κ1) is 13.9. The van der Waals surface area contributed by atoms with E-state index in [0.717, 1.165) is 39.1 Å². The molecule has 0 N–H and O–H groups in total. The Labute approximate surface area is 128 Å². The first-order chi connectivity index (χ1) is 10.9. The minimum atomic E-state index is -0.00360. The fourth-order valence-corrected chi connectivity index (χ4v) is 3.04. The molecule has 7 heteroatoms. The van der Waals surface area contributed by atoms with Gasteiger partial charge in [-0.05, 0) is 38.1 Å². The highest BCUT2D eigenvalue weighted by atomic mass is 16.7. The zero-order valence-electron chi connectivity index (χ0n) is 12.3. The smallest absolute Gasteiger partial charge is 0.283 e. The summed E-state index contributed by atoms with van der Waals surface area (Å²) in [4.78, 5) is 2.32. The second kappa shape index (κ2) is 6.20. The average molecular weight is 305 g/mol. The Bertz CT molecular complexity index is 584. The first-order valence-corrected chi connectivity index (χ1v) is 7.70. The topological polar surface area (TPSA) is 73.8 Å². The molecule has 7 nitrogen and oxygen atoms in total. The third-order valence-electron chi connectivity index (χ3n) is 4.22. The molecule has 0 radical (unpaired) electrons. The first-order valence-electron chi connectivity index (χ1n) is 7.70. The number of piperidine rings is 1. The monoisotopic (exact) mass is 305 g/mol. The lowest BCUT2D eigenvalue weighted by atomic mass is 9.96. The molecule has 0 unspecified atom stereocenters. The molecule has 2 aromatic heterocycles. The molecule has 0 aromatic carbocycles. The summed E-state index contributed by atoms with van der Waals surface area (Å²) >= 11 is 0. The average Bonchev–Trinajstić information content (AvgIpc) is 3.30. The maximum absolute atomic E-state index is 5.65. The molecule has 4 rings (SSSR count). The van der Waals surface area contributed by atoms with Gasteiger partial charge in [0.25, 0.3) is 5.89 Å². The second-order valence-corrected chi connectivity index (χ2v) is 5.70. The van der Waals surface area contributed by atoms with Crippen LogP contribution in [-0.2, 0) is 16.0 Å². The summed E-state index contributed by atoms with van der Waals surface area (Å²) in [7, 11) is 0. The number of aromatic nitrogens is 2. The van der Waals surface area contributed by atoms with Crippen LogP contribution in [-0.4, -0.2) is 47.7 Å². The van der Waals surface area contributed by atoms with E-state index in [4.69, 9.17) is 18.3 Å². The Morgan fingerprint density at radius 1 is 1.14 bits per heavy atom. The lowest BCUT2D eigenvalue weighted by Crippen LogP contribution is -2.37. The van der Waals surface area contributed by atoms with Gasteiger partial charge in [-0.1, -0.05) is 0 Å². The van der Waals surface area contributed by atoms with Gasteiger partial charge in [-0.2, -0.15) is 0 Å². The summed E-state index contributed by atoms with van der Waals surface area (Å²) in [6.45, 7) is 4.11. The van der Waals surface area contributed by atoms with E-state index in [2.05, 4.69) is 15.1 Å². The summed E-state index contributed by atoms with van der Waals surface area (Å²) in [5.74, 6) is 2.16. The SMILES string of the molecule is c1coc(-c2nnc(CN3CCC(C4OCCO4)CC3)o2)c1. The van der Waals surface area contributed by atoms with E-state index >= 15 is 0 Å². The van der Waals surface area contributed by atoms with Crippen molar-refractivity contribution in [2.24, 2.45) is 5.92 Å². The highest BCUT2D eigenvalue weighted by Crippen LogP contribution is 2.26. The summed E-state index contributed by atoms with van der Waals surface area (Å²) in [5, 5.41) is 8.12. The molecule has 118 valence electrons. The van der Waals surface area contributed by atoms with Gasteiger partial charge in [0.15, 0.2) is 12.1 Å². The highest BCUT2D eigenvalue weighted by molar-refractivity contribution is 5.42. The van der Waals surface area contributed by atoms with Crippen molar-refractivity contribution in [3.05, 3.63) is 24.3 Å². The maximum atomic E-state index is 5.65. The fourth-order valence-electron chi connectivity index (χ4n) is 3.04. The van der Waals surface area contributed by atoms with Crippen LogP contribution in [0.5, 0.6) is 0 Å². The molecule has 0 amide bonds. The highest BCUT2D eigenvalue weighted by Gasteiger charge is 2.30. The maximum Gasteiger partial charge on any atom is 0.283 e. The summed E-state index contributed by atoms with van der Waals surface area (Å²) < 4.78 is 22.1. The molecule has 0 bridgehead atoms. The Hall–Kier alpha value is -1.70. The van der Waals surface area contributed by atoms with Gasteiger partial charge in [0.2, 0.25) is 5.89 Å². The summed E-state index contributed by atoms with van der Waals surface area (Å²) in [6, 6.07) is 3.61. The van der Waals surface area contributed by atoms with E-state index in [9.17, 15) is 0 Å². The summed E-state index contributed by atoms with van der Waals surface area (Å²) in [6.07, 6.45) is 3.74. The number of hydrogen-bond donors (Lipinski definition) is 0. The summed E-state index contributed by atoms with van der Waals surface area (Å²) in [5.41, 5.74) is 0. The number of likely N-dealkylation sites (tertiary alicyclic amines) is 1. The predicted octanol–water partition coefficient (Wildman–Crippen LogP) is 1.91. The molecule has 2 aliphatic heterocycles. The molecular weight excluding hydrogens is 286 g/mol. The van der Waals surface area contributed by atoms with Crippen molar-refractivity contribution in [1.29, 1.82) is 0 Å². The molecular formula is C15H19N3O4. The minimum Gasteiger partial charge on any atom is -0.459 e. The van der Waals surface area contributed by atoms with Gasteiger partial charge in [0, 0.05) is 5.92 Å². The second-order valence-electron chi connectivity index (χ2n) is 5.70. The zero-order valence-corrected chi connectivity index (χ0v) is 12.3. The largest absolute Gasteiger partial charge is 0.459 e. The number of ether oxygens (including phenoxy) is 2. The quantitative estimate of drug-likeness (QED) is 0.854. The zero-order chi connectivity index (χ0) is 14.8. The van der Waals surface area contributed by atoms with E-state index in [0.29, 0.717) is 30.0 Å². The van der Waals surface area contributed by atoms with Crippen LogP contribution in [0.15, 0.2) is 27.2 Å². The van der Waals surface area contributed by atoms with E-state index < -0.39 is 0 Å². The Morgan fingerprint density at radius 2 is 1.95 bits per heavy atom. The third kappa shape index (κ3) is 2.92. The van der Waals surface area contributed by atoms with E-state index in [1.807, 2.05) is 6.07 Å². The molecule has 2 aromatic rings. The number of nitrogens with zero attached hydrogens (tertiary/aromatic N) is 3. The van der Waals surface area contributed by atoms with Gasteiger partial charge < -0.3 is 18.3 Å². The normalized spacial score (nSPS) is 21.6. The van der Waals surface area contributed by atoms with Crippen LogP contribution < -0.4 is 0 Å². The van der Waals surface area contributed by atoms with Crippen LogP contribution in [0.25, 0.3) is 11.7 Å². The predicted molar refractivity (Wildman–Crippen MR) is 75.7 cm³/mol. The van der Waals surface area contributed by atoms with Gasteiger partial charge in [-0.25, -0.2) is 0 Å². The lowest BCUT2D eigenvalue weighted by molar-refractivity contribution is -0.0980. The van der Waals surface area contributed by atoms with Gasteiger partial charge in [-0.15, -0.1) is 10.2 Å². The van der Waals surface area contributed by atoms with Crippen molar-refractivity contribution in [2.45, 2.75) is 25.7 Å². The number of furan rings is 1. The van der Waals surface area contributed by atoms with Crippen LogP contribution >= 0.6 is 0 Å². The van der Waals surface area contributed by atoms with Crippen LogP contribution in [0.1, 0.15) is 18.7 Å². The fraction of sp³-hybridized carbons (Fsp3) is 0.600. The molecule has 4 heterocycles. The molecule has 2 saturated heterocycles. The molecule has 2 fully saturated rings. The number of rotatable bonds is 4. The minimum absolute atomic E-state index is 0.00360. The van der Waals surface area contributed by atoms with E-state index in [-0.39, 0.29) is 6.29 Å². The van der Waals surface area contributed by atoms with Crippen molar-refractivity contribution in [2.75, 3.05) is 26.3 Å². The van der Waals surface area contributed by atoms with Crippen LogP contribution in [0.3, 0.4) is 0 Å². The molecule has 22 heavy (non-hydrogen) atoms. The Balaban J connectivity index is 1.31. The van der Waals surface area contributed by atoms with Crippen molar-refractivity contribution in [3.63, 3.8) is 0 Å². The van der Waals surface area contributed by atoms with Crippen LogP contribution in [0.2, 0.25) is 0 Å². The van der Waals surface area contributed by atoms with Gasteiger partial charge >= 0.3 is 0 Å². The van der Waals surface area contributed by atoms with Crippen molar-refractivity contribution < 1.29 is 18.3 Å². The molecule has 0 saturated carbocycles. The molecule has 0 aliphatic carbocycles.